The second-order valence-electron chi connectivity index (χ2n) is 8.79. The molecule has 0 bridgehead atoms. The Morgan fingerprint density at radius 3 is 2.46 bits per heavy atom. The number of hydrogen-bond donors (Lipinski definition) is 2. The largest absolute Gasteiger partial charge is 0.372 e. The van der Waals surface area contributed by atoms with Gasteiger partial charge in [-0.2, -0.15) is 0 Å². The number of aryl methyl sites for hydroxylation is 1. The summed E-state index contributed by atoms with van der Waals surface area (Å²) in [5.41, 5.74) is -0.152. The molecule has 2 aromatic heterocycles. The molecule has 0 spiro atoms. The number of nitrogens with zero attached hydrogens (tertiary/aromatic N) is 4. The molecule has 35 heavy (non-hydrogen) atoms. The van der Waals surface area contributed by atoms with Gasteiger partial charge in [-0.3, -0.25) is 4.21 Å². The number of halogens is 3. The number of anilines is 2. The van der Waals surface area contributed by atoms with Crippen molar-refractivity contribution in [2.24, 2.45) is 0 Å². The predicted octanol–water partition coefficient (Wildman–Crippen LogP) is 4.83. The van der Waals surface area contributed by atoms with Gasteiger partial charge in [0.2, 0.25) is 0 Å². The maximum Gasteiger partial charge on any atom is 0.266 e. The third-order valence-electron chi connectivity index (χ3n) is 6.30. The Labute approximate surface area is 205 Å². The summed E-state index contributed by atoms with van der Waals surface area (Å²) in [6, 6.07) is 5.05. The number of hydrogen-bond acceptors (Lipinski definition) is 7. The van der Waals surface area contributed by atoms with Crippen LogP contribution >= 0.6 is 0 Å². The number of alkyl halides is 2. The van der Waals surface area contributed by atoms with Crippen LogP contribution in [0.5, 0.6) is 0 Å². The molecule has 4 rings (SSSR count). The van der Waals surface area contributed by atoms with Crippen LogP contribution in [-0.2, 0) is 10.8 Å². The van der Waals surface area contributed by atoms with E-state index >= 15 is 0 Å². The summed E-state index contributed by atoms with van der Waals surface area (Å²) >= 11 is 0. The lowest BCUT2D eigenvalue weighted by Crippen LogP contribution is -2.35. The Hall–Kier alpha value is -2.79. The average Bonchev–Trinajstić information content (AvgIpc) is 2.83. The van der Waals surface area contributed by atoms with Crippen LogP contribution in [0.2, 0.25) is 0 Å². The summed E-state index contributed by atoms with van der Waals surface area (Å²) in [6.07, 6.45) is -1.28. The molecule has 11 heteroatoms. The average molecular weight is 507 g/mol. The summed E-state index contributed by atoms with van der Waals surface area (Å²) in [6.45, 7) is 5.13. The van der Waals surface area contributed by atoms with Crippen LogP contribution in [-0.4, -0.2) is 56.5 Å². The molecule has 3 heterocycles. The Bertz CT molecular complexity index is 1250. The second kappa shape index (κ2) is 10.4. The highest BCUT2D eigenvalue weighted by atomic mass is 32.2. The smallest absolute Gasteiger partial charge is 0.266 e. The Balaban J connectivity index is 1.74. The zero-order chi connectivity index (χ0) is 25.3. The molecule has 1 unspecified atom stereocenters. The van der Waals surface area contributed by atoms with Gasteiger partial charge in [0, 0.05) is 17.9 Å². The number of pyridine rings is 1. The summed E-state index contributed by atoms with van der Waals surface area (Å²) in [5.74, 6) is 0.353. The van der Waals surface area contributed by atoms with Gasteiger partial charge in [-0.25, -0.2) is 28.1 Å². The summed E-state index contributed by atoms with van der Waals surface area (Å²) in [7, 11) is 2.46. The molecule has 0 aliphatic carbocycles. The number of rotatable bonds is 7. The van der Waals surface area contributed by atoms with E-state index in [0.29, 0.717) is 33.4 Å². The molecular weight excluding hydrogens is 477 g/mol. The number of likely N-dealkylation sites (tertiary alicyclic amines) is 1. The van der Waals surface area contributed by atoms with Gasteiger partial charge in [0.15, 0.2) is 5.65 Å². The van der Waals surface area contributed by atoms with E-state index in [1.165, 1.54) is 12.1 Å². The molecule has 7 nitrogen and oxygen atoms in total. The highest BCUT2D eigenvalue weighted by Gasteiger charge is 2.27. The highest BCUT2D eigenvalue weighted by molar-refractivity contribution is 7.85. The molecule has 1 fully saturated rings. The second-order valence-corrected chi connectivity index (χ2v) is 10.5. The summed E-state index contributed by atoms with van der Waals surface area (Å²) in [4.78, 5) is 16.3. The molecule has 2 N–H and O–H groups in total. The monoisotopic (exact) mass is 506 g/mol. The number of aromatic nitrogens is 3. The molecule has 0 amide bonds. The lowest BCUT2D eigenvalue weighted by atomic mass is 10.0. The molecule has 1 saturated heterocycles. The van der Waals surface area contributed by atoms with E-state index in [9.17, 15) is 17.4 Å². The predicted molar refractivity (Wildman–Crippen MR) is 132 cm³/mol. The van der Waals surface area contributed by atoms with Crippen molar-refractivity contribution in [1.29, 1.82) is 0 Å². The first-order valence-corrected chi connectivity index (χ1v) is 12.7. The van der Waals surface area contributed by atoms with Crippen LogP contribution in [0.15, 0.2) is 29.2 Å². The first kappa shape index (κ1) is 25.3. The molecular formula is C24H29F3N6OS. The highest BCUT2D eigenvalue weighted by Crippen LogP contribution is 2.33. The van der Waals surface area contributed by atoms with Gasteiger partial charge in [-0.1, -0.05) is 18.2 Å². The van der Waals surface area contributed by atoms with Crippen molar-refractivity contribution in [2.75, 3.05) is 37.8 Å². The van der Waals surface area contributed by atoms with E-state index in [0.717, 1.165) is 32.0 Å². The van der Waals surface area contributed by atoms with Crippen molar-refractivity contribution in [3.05, 3.63) is 47.0 Å². The van der Waals surface area contributed by atoms with Crippen LogP contribution in [0.25, 0.3) is 11.0 Å². The standard InChI is InChI=1S/C24H29F3N6OS/c1-13(16-6-5-7-17(20(16)25)21(26)27)29-22-18-12-19(35(34)15-8-10-33(4)11-9-15)24(28-3)32-23(18)31-14(2)30-22/h5-7,12-13,15,21H,8-11H2,1-4H3,(H2,28,29,30,31,32)/t13-,35?/m1/s1. The van der Waals surface area contributed by atoms with E-state index < -0.39 is 34.6 Å². The normalized spacial score (nSPS) is 17.0. The van der Waals surface area contributed by atoms with E-state index in [4.69, 9.17) is 0 Å². The van der Waals surface area contributed by atoms with Crippen LogP contribution in [0, 0.1) is 12.7 Å². The van der Waals surface area contributed by atoms with Crippen molar-refractivity contribution in [1.82, 2.24) is 19.9 Å². The minimum atomic E-state index is -2.91. The van der Waals surface area contributed by atoms with Gasteiger partial charge in [-0.05, 0) is 52.9 Å². The van der Waals surface area contributed by atoms with Crippen molar-refractivity contribution < 1.29 is 17.4 Å². The minimum Gasteiger partial charge on any atom is -0.372 e. The van der Waals surface area contributed by atoms with Gasteiger partial charge in [-0.15, -0.1) is 0 Å². The molecule has 3 aromatic rings. The molecule has 1 aliphatic heterocycles. The Morgan fingerprint density at radius 1 is 1.11 bits per heavy atom. The SMILES string of the molecule is CNc1nc2nc(C)nc(N[C@H](C)c3cccc(C(F)F)c3F)c2cc1S(=O)C1CCN(C)CC1. The van der Waals surface area contributed by atoms with Gasteiger partial charge < -0.3 is 15.5 Å². The van der Waals surface area contributed by atoms with Crippen molar-refractivity contribution in [3.63, 3.8) is 0 Å². The van der Waals surface area contributed by atoms with Gasteiger partial charge in [0.25, 0.3) is 6.43 Å². The fourth-order valence-electron chi connectivity index (χ4n) is 4.32. The van der Waals surface area contributed by atoms with Crippen LogP contribution in [0.3, 0.4) is 0 Å². The third kappa shape index (κ3) is 5.25. The van der Waals surface area contributed by atoms with E-state index in [1.807, 2.05) is 7.05 Å². The van der Waals surface area contributed by atoms with E-state index in [2.05, 4.69) is 30.5 Å². The van der Waals surface area contributed by atoms with Crippen LogP contribution in [0.1, 0.15) is 49.2 Å². The van der Waals surface area contributed by atoms with Gasteiger partial charge in [0.1, 0.15) is 23.3 Å². The number of benzene rings is 1. The molecule has 0 saturated carbocycles. The fraction of sp³-hybridized carbons (Fsp3) is 0.458. The molecule has 0 radical (unpaired) electrons. The number of fused-ring (bicyclic) bond motifs is 1. The van der Waals surface area contributed by atoms with Gasteiger partial charge in [0.05, 0.1) is 32.7 Å². The number of piperidine rings is 1. The lowest BCUT2D eigenvalue weighted by molar-refractivity contribution is 0.146. The van der Waals surface area contributed by atoms with E-state index in [1.54, 1.807) is 27.0 Å². The molecule has 2 atom stereocenters. The minimum absolute atomic E-state index is 0.00503. The van der Waals surface area contributed by atoms with Crippen molar-refractivity contribution >= 4 is 33.5 Å². The van der Waals surface area contributed by atoms with Crippen molar-refractivity contribution in [3.8, 4) is 0 Å². The first-order chi connectivity index (χ1) is 16.7. The van der Waals surface area contributed by atoms with Crippen LogP contribution in [0.4, 0.5) is 24.8 Å². The first-order valence-electron chi connectivity index (χ1n) is 11.5. The Morgan fingerprint density at radius 2 is 1.80 bits per heavy atom. The van der Waals surface area contributed by atoms with Crippen LogP contribution < -0.4 is 10.6 Å². The molecule has 1 aromatic carbocycles. The third-order valence-corrected chi connectivity index (χ3v) is 8.12. The van der Waals surface area contributed by atoms with Gasteiger partial charge >= 0.3 is 0 Å². The number of nitrogens with one attached hydrogen (secondary N) is 2. The Kier molecular flexibility index (Phi) is 7.56. The van der Waals surface area contributed by atoms with E-state index in [-0.39, 0.29) is 10.8 Å². The lowest BCUT2D eigenvalue weighted by Gasteiger charge is -2.28. The summed E-state index contributed by atoms with van der Waals surface area (Å²) in [5, 5.41) is 6.70. The van der Waals surface area contributed by atoms with Crippen molar-refractivity contribution in [2.45, 2.75) is 49.3 Å². The molecule has 188 valence electrons. The quantitative estimate of drug-likeness (QED) is 0.475. The molecule has 1 aliphatic rings. The fourth-order valence-corrected chi connectivity index (χ4v) is 5.89. The topological polar surface area (TPSA) is 83.0 Å². The zero-order valence-corrected chi connectivity index (χ0v) is 20.9. The maximum atomic E-state index is 14.8. The zero-order valence-electron chi connectivity index (χ0n) is 20.1. The summed E-state index contributed by atoms with van der Waals surface area (Å²) < 4.78 is 54.7. The maximum absolute atomic E-state index is 14.8.